The van der Waals surface area contributed by atoms with Gasteiger partial charge in [0.1, 0.15) is 0 Å². The maximum Gasteiger partial charge on any atom is 0.0126 e. The molecule has 0 aromatic carbocycles. The van der Waals surface area contributed by atoms with Gasteiger partial charge < -0.3 is 10.6 Å². The van der Waals surface area contributed by atoms with E-state index in [9.17, 15) is 0 Å². The summed E-state index contributed by atoms with van der Waals surface area (Å²) in [5.74, 6) is 3.05. The quantitative estimate of drug-likeness (QED) is 0.721. The zero-order valence-electron chi connectivity index (χ0n) is 8.99. The Labute approximate surface area is 86.8 Å². The van der Waals surface area contributed by atoms with Crippen LogP contribution in [-0.4, -0.2) is 30.6 Å². The molecule has 0 bridgehead atoms. The molecular weight excluding hydrogens is 172 g/mol. The Kier molecular flexibility index (Phi) is 2.29. The van der Waals surface area contributed by atoms with E-state index in [0.717, 1.165) is 30.3 Å². The lowest BCUT2D eigenvalue weighted by atomic mass is 9.95. The molecule has 3 rings (SSSR count). The Morgan fingerprint density at radius 2 is 1.86 bits per heavy atom. The lowest BCUT2D eigenvalue weighted by molar-refractivity contribution is 0.124. The summed E-state index contributed by atoms with van der Waals surface area (Å²) in [6.45, 7) is 3.57. The van der Waals surface area contributed by atoms with Crippen LogP contribution in [0.1, 0.15) is 32.1 Å². The van der Waals surface area contributed by atoms with Gasteiger partial charge >= 0.3 is 0 Å². The van der Waals surface area contributed by atoms with Crippen molar-refractivity contribution in [2.45, 2.75) is 38.1 Å². The summed E-state index contributed by atoms with van der Waals surface area (Å²) in [7, 11) is 0. The molecule has 1 heterocycles. The highest BCUT2D eigenvalue weighted by molar-refractivity contribution is 5.02. The number of fused-ring (bicyclic) bond motifs is 1. The van der Waals surface area contributed by atoms with Crippen molar-refractivity contribution in [2.24, 2.45) is 23.5 Å². The summed E-state index contributed by atoms with van der Waals surface area (Å²) < 4.78 is 0. The van der Waals surface area contributed by atoms with Gasteiger partial charge in [-0.3, -0.25) is 0 Å². The molecule has 3 atom stereocenters. The largest absolute Gasteiger partial charge is 0.330 e. The summed E-state index contributed by atoms with van der Waals surface area (Å²) in [6, 6.07) is 0.971. The van der Waals surface area contributed by atoms with Gasteiger partial charge in [0.25, 0.3) is 0 Å². The number of hydrogen-bond donors (Lipinski definition) is 1. The normalized spacial score (nSPS) is 43.9. The fraction of sp³-hybridized carbons (Fsp3) is 1.00. The Morgan fingerprint density at radius 1 is 1.07 bits per heavy atom. The van der Waals surface area contributed by atoms with E-state index in [-0.39, 0.29) is 0 Å². The second-order valence-corrected chi connectivity index (χ2v) is 5.52. The highest BCUT2D eigenvalue weighted by Gasteiger charge is 2.50. The first kappa shape index (κ1) is 9.17. The minimum Gasteiger partial charge on any atom is -0.330 e. The Morgan fingerprint density at radius 3 is 2.36 bits per heavy atom. The van der Waals surface area contributed by atoms with E-state index in [1.807, 2.05) is 0 Å². The van der Waals surface area contributed by atoms with Crippen molar-refractivity contribution in [1.82, 2.24) is 4.90 Å². The van der Waals surface area contributed by atoms with Gasteiger partial charge in [0.2, 0.25) is 0 Å². The average Bonchev–Trinajstić information content (AvgIpc) is 2.91. The van der Waals surface area contributed by atoms with Crippen LogP contribution in [0.5, 0.6) is 0 Å². The third-order valence-corrected chi connectivity index (χ3v) is 4.76. The maximum atomic E-state index is 5.72. The minimum atomic E-state index is 0.822. The third kappa shape index (κ3) is 1.49. The van der Waals surface area contributed by atoms with Crippen LogP contribution in [0.25, 0.3) is 0 Å². The zero-order chi connectivity index (χ0) is 9.54. The predicted octanol–water partition coefficient (Wildman–Crippen LogP) is 1.46. The zero-order valence-corrected chi connectivity index (χ0v) is 8.99. The second-order valence-electron chi connectivity index (χ2n) is 5.52. The number of likely N-dealkylation sites (tertiary alicyclic amines) is 1. The Hall–Kier alpha value is -0.0800. The van der Waals surface area contributed by atoms with E-state index in [4.69, 9.17) is 5.73 Å². The van der Waals surface area contributed by atoms with Gasteiger partial charge in [0.15, 0.2) is 0 Å². The molecule has 0 aromatic rings. The molecule has 0 aromatic heterocycles. The smallest absolute Gasteiger partial charge is 0.0126 e. The topological polar surface area (TPSA) is 29.3 Å². The first-order chi connectivity index (χ1) is 6.88. The molecule has 2 aliphatic carbocycles. The number of rotatable bonds is 2. The second kappa shape index (κ2) is 3.49. The van der Waals surface area contributed by atoms with Crippen molar-refractivity contribution < 1.29 is 0 Å². The molecule has 14 heavy (non-hydrogen) atoms. The SMILES string of the molecule is NCC1CCN(C2CCC3CC32)CC1. The Balaban J connectivity index is 1.54. The summed E-state index contributed by atoms with van der Waals surface area (Å²) in [6.07, 6.45) is 7.25. The van der Waals surface area contributed by atoms with Crippen LogP contribution in [-0.2, 0) is 0 Å². The van der Waals surface area contributed by atoms with Crippen LogP contribution in [0, 0.1) is 17.8 Å². The van der Waals surface area contributed by atoms with E-state index in [0.29, 0.717) is 0 Å². The van der Waals surface area contributed by atoms with Crippen LogP contribution in [0.2, 0.25) is 0 Å². The average molecular weight is 194 g/mol. The molecule has 1 saturated heterocycles. The predicted molar refractivity (Wildman–Crippen MR) is 58.0 cm³/mol. The fourth-order valence-electron chi connectivity index (χ4n) is 3.65. The summed E-state index contributed by atoms with van der Waals surface area (Å²) in [5.41, 5.74) is 5.72. The molecule has 0 spiro atoms. The van der Waals surface area contributed by atoms with E-state index in [2.05, 4.69) is 4.90 Å². The lowest BCUT2D eigenvalue weighted by Crippen LogP contribution is -2.42. The Bertz CT molecular complexity index is 208. The van der Waals surface area contributed by atoms with Gasteiger partial charge in [-0.05, 0) is 69.5 Å². The minimum absolute atomic E-state index is 0.822. The van der Waals surface area contributed by atoms with E-state index in [1.165, 1.54) is 38.8 Å². The number of hydrogen-bond acceptors (Lipinski definition) is 2. The van der Waals surface area contributed by atoms with Crippen LogP contribution < -0.4 is 5.73 Å². The van der Waals surface area contributed by atoms with Crippen molar-refractivity contribution >= 4 is 0 Å². The first-order valence-corrected chi connectivity index (χ1v) is 6.32. The van der Waals surface area contributed by atoms with E-state index in [1.54, 1.807) is 6.42 Å². The van der Waals surface area contributed by atoms with Gasteiger partial charge in [-0.2, -0.15) is 0 Å². The number of nitrogens with two attached hydrogens (primary N) is 1. The van der Waals surface area contributed by atoms with Crippen molar-refractivity contribution in [3.05, 3.63) is 0 Å². The van der Waals surface area contributed by atoms with Crippen LogP contribution in [0.4, 0.5) is 0 Å². The molecule has 3 fully saturated rings. The van der Waals surface area contributed by atoms with Crippen molar-refractivity contribution in [3.8, 4) is 0 Å². The van der Waals surface area contributed by atoms with Gasteiger partial charge in [-0.25, -0.2) is 0 Å². The van der Waals surface area contributed by atoms with Crippen LogP contribution in [0.15, 0.2) is 0 Å². The molecule has 2 heteroatoms. The molecular formula is C12H22N2. The van der Waals surface area contributed by atoms with Crippen molar-refractivity contribution in [1.29, 1.82) is 0 Å². The van der Waals surface area contributed by atoms with Crippen molar-refractivity contribution in [3.63, 3.8) is 0 Å². The van der Waals surface area contributed by atoms with Crippen molar-refractivity contribution in [2.75, 3.05) is 19.6 Å². The standard InChI is InChI=1S/C12H22N2/c13-8-9-3-5-14(6-4-9)12-2-1-10-7-11(10)12/h9-12H,1-8,13H2. The maximum absolute atomic E-state index is 5.72. The molecule has 3 unspecified atom stereocenters. The van der Waals surface area contributed by atoms with E-state index >= 15 is 0 Å². The number of nitrogens with zero attached hydrogens (tertiary/aromatic N) is 1. The monoisotopic (exact) mass is 194 g/mol. The highest BCUT2D eigenvalue weighted by Crippen LogP contribution is 2.53. The highest BCUT2D eigenvalue weighted by atomic mass is 15.2. The molecule has 80 valence electrons. The molecule has 2 nitrogen and oxygen atoms in total. The molecule has 3 aliphatic rings. The molecule has 0 amide bonds. The fourth-order valence-corrected chi connectivity index (χ4v) is 3.65. The summed E-state index contributed by atoms with van der Waals surface area (Å²) in [5, 5.41) is 0. The summed E-state index contributed by atoms with van der Waals surface area (Å²) in [4.78, 5) is 2.77. The molecule has 2 saturated carbocycles. The lowest BCUT2D eigenvalue weighted by Gasteiger charge is -2.36. The third-order valence-electron chi connectivity index (χ3n) is 4.76. The van der Waals surface area contributed by atoms with Crippen LogP contribution >= 0.6 is 0 Å². The van der Waals surface area contributed by atoms with Crippen LogP contribution in [0.3, 0.4) is 0 Å². The molecule has 0 radical (unpaired) electrons. The van der Waals surface area contributed by atoms with Gasteiger partial charge in [-0.1, -0.05) is 0 Å². The van der Waals surface area contributed by atoms with E-state index < -0.39 is 0 Å². The number of piperidine rings is 1. The molecule has 1 aliphatic heterocycles. The first-order valence-electron chi connectivity index (χ1n) is 6.32. The van der Waals surface area contributed by atoms with Gasteiger partial charge in [0, 0.05) is 6.04 Å². The van der Waals surface area contributed by atoms with Gasteiger partial charge in [0.05, 0.1) is 0 Å². The summed E-state index contributed by atoms with van der Waals surface area (Å²) >= 11 is 0. The van der Waals surface area contributed by atoms with Gasteiger partial charge in [-0.15, -0.1) is 0 Å². The molecule has 2 N–H and O–H groups in total.